The van der Waals surface area contributed by atoms with Crippen molar-refractivity contribution >= 4 is 12.0 Å². The number of morpholine rings is 1. The first-order valence-electron chi connectivity index (χ1n) is 6.90. The number of hydrogen-bond donors (Lipinski definition) is 0. The fourth-order valence-electron chi connectivity index (χ4n) is 1.74. The molecule has 1 aliphatic heterocycles. The van der Waals surface area contributed by atoms with Gasteiger partial charge in [-0.2, -0.15) is 0 Å². The van der Waals surface area contributed by atoms with E-state index in [1.54, 1.807) is 0 Å². The number of nitrogens with zero attached hydrogens (tertiary/aromatic N) is 1. The number of benzene rings is 1. The molecule has 1 fully saturated rings. The zero-order valence-corrected chi connectivity index (χ0v) is 13.2. The third kappa shape index (κ3) is 7.29. The molecule has 2 rings (SSSR count). The van der Waals surface area contributed by atoms with E-state index < -0.39 is 0 Å². The molecule has 1 atom stereocenters. The van der Waals surface area contributed by atoms with Crippen LogP contribution in [0.3, 0.4) is 0 Å². The summed E-state index contributed by atoms with van der Waals surface area (Å²) >= 11 is 1.43. The second kappa shape index (κ2) is 11.1. The minimum Gasteiger partial charge on any atom is -0.373 e. The molecule has 3 nitrogen and oxygen atoms in total. The molecule has 1 saturated heterocycles. The lowest BCUT2D eigenvalue weighted by molar-refractivity contribution is -0.0373. The lowest BCUT2D eigenvalue weighted by Gasteiger charge is -2.29. The number of aryl methyl sites for hydroxylation is 1. The van der Waals surface area contributed by atoms with Crippen LogP contribution < -0.4 is 0 Å². The van der Waals surface area contributed by atoms with Gasteiger partial charge >= 0.3 is 0 Å². The van der Waals surface area contributed by atoms with Gasteiger partial charge in [0.2, 0.25) is 0 Å². The van der Waals surface area contributed by atoms with E-state index in [-0.39, 0.29) is 13.5 Å². The Labute approximate surface area is 128 Å². The summed E-state index contributed by atoms with van der Waals surface area (Å²) in [7, 11) is 2.11. The Balaban J connectivity index is 0.00000115. The highest BCUT2D eigenvalue weighted by Gasteiger charge is 2.17. The Morgan fingerprint density at radius 2 is 1.95 bits per heavy atom. The van der Waals surface area contributed by atoms with Gasteiger partial charge in [0.25, 0.3) is 0 Å². The molecule has 1 heterocycles. The first kappa shape index (κ1) is 19.4. The van der Waals surface area contributed by atoms with E-state index in [2.05, 4.69) is 43.1 Å². The second-order valence-corrected chi connectivity index (χ2v) is 5.31. The Kier molecular flexibility index (Phi) is 10.8. The molecule has 20 heavy (non-hydrogen) atoms. The van der Waals surface area contributed by atoms with Crippen molar-refractivity contribution in [2.75, 3.05) is 33.4 Å². The van der Waals surface area contributed by atoms with Gasteiger partial charge in [0.05, 0.1) is 19.3 Å². The van der Waals surface area contributed by atoms with E-state index in [0.29, 0.717) is 6.61 Å². The van der Waals surface area contributed by atoms with Crippen LogP contribution in [0.1, 0.15) is 26.8 Å². The van der Waals surface area contributed by atoms with Crippen LogP contribution in [0.2, 0.25) is 0 Å². The van der Waals surface area contributed by atoms with Gasteiger partial charge in [0, 0.05) is 30.0 Å². The molecular weight excluding hydrogens is 270 g/mol. The largest absolute Gasteiger partial charge is 0.373 e. The molecule has 0 saturated carbocycles. The summed E-state index contributed by atoms with van der Waals surface area (Å²) in [5.74, 6) is 0. The highest BCUT2D eigenvalue weighted by Crippen LogP contribution is 2.20. The minimum absolute atomic E-state index is 0. The third-order valence-electron chi connectivity index (χ3n) is 2.77. The highest BCUT2D eigenvalue weighted by atomic mass is 32.2. The monoisotopic (exact) mass is 299 g/mol. The quantitative estimate of drug-likeness (QED) is 0.783. The smallest absolute Gasteiger partial charge is 0.0948 e. The molecule has 0 aromatic heterocycles. The molecule has 0 radical (unpaired) electrons. The Hall–Kier alpha value is -0.550. The molecule has 1 aliphatic rings. The van der Waals surface area contributed by atoms with E-state index in [1.807, 2.05) is 13.8 Å². The lowest BCUT2D eigenvalue weighted by atomic mass is 10.2. The normalized spacial score (nSPS) is 18.7. The first-order valence-corrected chi connectivity index (χ1v) is 7.64. The Bertz CT molecular complexity index is 343. The van der Waals surface area contributed by atoms with Gasteiger partial charge in [0.1, 0.15) is 0 Å². The summed E-state index contributed by atoms with van der Waals surface area (Å²) < 4.78 is 11.2. The summed E-state index contributed by atoms with van der Waals surface area (Å²) in [5.41, 5.74) is 1.27. The van der Waals surface area contributed by atoms with Gasteiger partial charge in [-0.05, 0) is 26.1 Å². The molecule has 0 aliphatic carbocycles. The highest BCUT2D eigenvalue weighted by molar-refractivity contribution is 7.94. The van der Waals surface area contributed by atoms with Crippen LogP contribution in [0.15, 0.2) is 29.2 Å². The van der Waals surface area contributed by atoms with Crippen molar-refractivity contribution < 1.29 is 8.92 Å². The van der Waals surface area contributed by atoms with Crippen molar-refractivity contribution in [3.8, 4) is 0 Å². The Morgan fingerprint density at radius 1 is 1.30 bits per heavy atom. The zero-order chi connectivity index (χ0) is 14.1. The van der Waals surface area contributed by atoms with Crippen molar-refractivity contribution in [1.29, 1.82) is 0 Å². The van der Waals surface area contributed by atoms with Crippen molar-refractivity contribution in [3.63, 3.8) is 0 Å². The number of ether oxygens (including phenoxy) is 1. The van der Waals surface area contributed by atoms with Gasteiger partial charge in [-0.15, -0.1) is 0 Å². The van der Waals surface area contributed by atoms with Crippen molar-refractivity contribution in [2.45, 2.75) is 39.2 Å². The number of rotatable bonds is 4. The van der Waals surface area contributed by atoms with Gasteiger partial charge in [0.15, 0.2) is 0 Å². The summed E-state index contributed by atoms with van der Waals surface area (Å²) in [4.78, 5) is 3.41. The standard InChI is InChI=1S/C13H19NO2S.C2H6.CH4/c1-11-3-5-13(6-4-11)17-16-10-12-9-14(2)7-8-15-12;1-2;/h3-6,12H,7-10H2,1-2H3;1-2H3;1H4. The first-order chi connectivity index (χ1) is 9.24. The summed E-state index contributed by atoms with van der Waals surface area (Å²) in [6, 6.07) is 8.34. The zero-order valence-electron chi connectivity index (χ0n) is 12.4. The molecule has 0 N–H and O–H groups in total. The molecular formula is C16H29NO2S. The maximum Gasteiger partial charge on any atom is 0.0948 e. The fraction of sp³-hybridized carbons (Fsp3) is 0.625. The van der Waals surface area contributed by atoms with Crippen LogP contribution in [-0.2, 0) is 8.92 Å². The molecule has 0 spiro atoms. The predicted octanol–water partition coefficient (Wildman–Crippen LogP) is 4.01. The molecule has 1 aromatic rings. The van der Waals surface area contributed by atoms with Crippen LogP contribution >= 0.6 is 12.0 Å². The molecule has 0 amide bonds. The van der Waals surface area contributed by atoms with Crippen molar-refractivity contribution in [3.05, 3.63) is 29.8 Å². The van der Waals surface area contributed by atoms with E-state index >= 15 is 0 Å². The van der Waals surface area contributed by atoms with Crippen LogP contribution in [-0.4, -0.2) is 44.4 Å². The summed E-state index contributed by atoms with van der Waals surface area (Å²) in [6.07, 6.45) is 0.201. The molecule has 116 valence electrons. The third-order valence-corrected chi connectivity index (χ3v) is 3.49. The van der Waals surface area contributed by atoms with Gasteiger partial charge < -0.3 is 13.8 Å². The molecule has 4 heteroatoms. The van der Waals surface area contributed by atoms with E-state index in [0.717, 1.165) is 24.6 Å². The Morgan fingerprint density at radius 3 is 2.55 bits per heavy atom. The van der Waals surface area contributed by atoms with Gasteiger partial charge in [-0.1, -0.05) is 39.0 Å². The lowest BCUT2D eigenvalue weighted by Crippen LogP contribution is -2.41. The summed E-state index contributed by atoms with van der Waals surface area (Å²) in [5, 5.41) is 0. The SMILES string of the molecule is C.CC.Cc1ccc(SOCC2CN(C)CCO2)cc1. The summed E-state index contributed by atoms with van der Waals surface area (Å²) in [6.45, 7) is 9.50. The topological polar surface area (TPSA) is 21.7 Å². The fourth-order valence-corrected chi connectivity index (χ4v) is 2.34. The number of hydrogen-bond acceptors (Lipinski definition) is 4. The van der Waals surface area contributed by atoms with Crippen molar-refractivity contribution in [2.24, 2.45) is 0 Å². The molecule has 0 bridgehead atoms. The van der Waals surface area contributed by atoms with Crippen molar-refractivity contribution in [1.82, 2.24) is 4.90 Å². The predicted molar refractivity (Wildman–Crippen MR) is 88.3 cm³/mol. The van der Waals surface area contributed by atoms with Gasteiger partial charge in [-0.25, -0.2) is 0 Å². The molecule has 1 unspecified atom stereocenters. The van der Waals surface area contributed by atoms with E-state index in [1.165, 1.54) is 17.6 Å². The second-order valence-electron chi connectivity index (χ2n) is 4.44. The van der Waals surface area contributed by atoms with Gasteiger partial charge in [-0.3, -0.25) is 0 Å². The van der Waals surface area contributed by atoms with Crippen LogP contribution in [0.25, 0.3) is 0 Å². The maximum atomic E-state index is 5.63. The van der Waals surface area contributed by atoms with Crippen LogP contribution in [0.4, 0.5) is 0 Å². The molecule has 1 aromatic carbocycles. The number of likely N-dealkylation sites (N-methyl/N-ethyl adjacent to an activating group) is 1. The average Bonchev–Trinajstić information content (AvgIpc) is 2.43. The maximum absolute atomic E-state index is 5.63. The van der Waals surface area contributed by atoms with Crippen LogP contribution in [0, 0.1) is 6.92 Å². The van der Waals surface area contributed by atoms with E-state index in [4.69, 9.17) is 8.92 Å². The minimum atomic E-state index is 0. The average molecular weight is 299 g/mol. The van der Waals surface area contributed by atoms with Crippen LogP contribution in [0.5, 0.6) is 0 Å². The van der Waals surface area contributed by atoms with E-state index in [9.17, 15) is 0 Å².